The molecule has 0 spiro atoms. The van der Waals surface area contributed by atoms with Crippen molar-refractivity contribution in [2.45, 2.75) is 13.3 Å². The standard InChI is InChI=1S/C5H11N3O2/c1-3-4(6)8(10-2)5(7)9/h6H,3H2,1-2H3,(H2,7,9). The van der Waals surface area contributed by atoms with E-state index < -0.39 is 6.03 Å². The summed E-state index contributed by atoms with van der Waals surface area (Å²) in [6.45, 7) is 1.73. The summed E-state index contributed by atoms with van der Waals surface area (Å²) in [4.78, 5) is 14.9. The van der Waals surface area contributed by atoms with Gasteiger partial charge in [-0.25, -0.2) is 4.79 Å². The molecular formula is C5H11N3O2. The maximum absolute atomic E-state index is 10.4. The zero-order chi connectivity index (χ0) is 8.15. The van der Waals surface area contributed by atoms with Crippen LogP contribution in [0.4, 0.5) is 4.79 Å². The summed E-state index contributed by atoms with van der Waals surface area (Å²) >= 11 is 0. The minimum Gasteiger partial charge on any atom is -0.349 e. The highest BCUT2D eigenvalue weighted by Gasteiger charge is 2.11. The number of urea groups is 1. The number of primary amides is 1. The Hall–Kier alpha value is -1.10. The molecule has 0 radical (unpaired) electrons. The molecule has 0 saturated carbocycles. The first-order chi connectivity index (χ1) is 4.63. The molecule has 10 heavy (non-hydrogen) atoms. The van der Waals surface area contributed by atoms with Crippen LogP contribution in [-0.2, 0) is 4.84 Å². The molecule has 0 bridgehead atoms. The average Bonchev–Trinajstić information content (AvgIpc) is 1.88. The summed E-state index contributed by atoms with van der Waals surface area (Å²) in [6, 6.07) is -0.769. The second-order valence-corrected chi connectivity index (χ2v) is 1.62. The smallest absolute Gasteiger partial charge is 0.344 e. The largest absolute Gasteiger partial charge is 0.349 e. The second kappa shape index (κ2) is 3.84. The van der Waals surface area contributed by atoms with Crippen LogP contribution in [0, 0.1) is 5.41 Å². The molecule has 0 aromatic carbocycles. The Kier molecular flexibility index (Phi) is 3.42. The third-order valence-electron chi connectivity index (χ3n) is 0.963. The van der Waals surface area contributed by atoms with Gasteiger partial charge in [-0.05, 0) is 0 Å². The maximum Gasteiger partial charge on any atom is 0.344 e. The fourth-order valence-corrected chi connectivity index (χ4v) is 0.477. The van der Waals surface area contributed by atoms with Crippen molar-refractivity contribution in [2.75, 3.05) is 7.11 Å². The monoisotopic (exact) mass is 145 g/mol. The van der Waals surface area contributed by atoms with E-state index in [9.17, 15) is 4.79 Å². The number of carbonyl (C=O) groups is 1. The summed E-state index contributed by atoms with van der Waals surface area (Å²) in [5.74, 6) is 0.0509. The number of hydrogen-bond donors (Lipinski definition) is 2. The number of amidine groups is 1. The highest BCUT2D eigenvalue weighted by molar-refractivity contribution is 5.93. The van der Waals surface area contributed by atoms with Gasteiger partial charge in [0.15, 0.2) is 0 Å². The Morgan fingerprint density at radius 3 is 2.40 bits per heavy atom. The van der Waals surface area contributed by atoms with Crippen LogP contribution in [0.1, 0.15) is 13.3 Å². The molecule has 0 aromatic rings. The van der Waals surface area contributed by atoms with Crippen LogP contribution in [0.2, 0.25) is 0 Å². The lowest BCUT2D eigenvalue weighted by atomic mass is 10.4. The third kappa shape index (κ3) is 2.02. The van der Waals surface area contributed by atoms with Gasteiger partial charge in [0, 0.05) is 6.42 Å². The molecule has 0 aliphatic rings. The summed E-state index contributed by atoms with van der Waals surface area (Å²) < 4.78 is 0. The summed E-state index contributed by atoms with van der Waals surface area (Å²) in [5, 5.41) is 7.86. The Bertz CT molecular complexity index is 146. The number of amides is 2. The van der Waals surface area contributed by atoms with E-state index in [2.05, 4.69) is 4.84 Å². The van der Waals surface area contributed by atoms with E-state index in [0.717, 1.165) is 5.06 Å². The van der Waals surface area contributed by atoms with Gasteiger partial charge in [-0.1, -0.05) is 6.92 Å². The van der Waals surface area contributed by atoms with E-state index in [1.54, 1.807) is 6.92 Å². The molecule has 0 heterocycles. The highest BCUT2D eigenvalue weighted by Crippen LogP contribution is 1.92. The summed E-state index contributed by atoms with van der Waals surface area (Å²) in [6.07, 6.45) is 0.413. The van der Waals surface area contributed by atoms with Gasteiger partial charge in [0.2, 0.25) is 0 Å². The highest BCUT2D eigenvalue weighted by atomic mass is 16.7. The molecule has 5 heteroatoms. The van der Waals surface area contributed by atoms with Crippen LogP contribution in [0.5, 0.6) is 0 Å². The van der Waals surface area contributed by atoms with E-state index in [-0.39, 0.29) is 5.84 Å². The first-order valence-electron chi connectivity index (χ1n) is 2.84. The molecule has 0 rings (SSSR count). The van der Waals surface area contributed by atoms with Gasteiger partial charge in [-0.15, -0.1) is 0 Å². The van der Waals surface area contributed by atoms with Crippen LogP contribution in [0.3, 0.4) is 0 Å². The number of hydroxylamine groups is 2. The van der Waals surface area contributed by atoms with Crippen molar-refractivity contribution in [3.63, 3.8) is 0 Å². The quantitative estimate of drug-likeness (QED) is 0.333. The number of carbonyl (C=O) groups excluding carboxylic acids is 1. The Labute approximate surface area is 59.2 Å². The predicted molar refractivity (Wildman–Crippen MR) is 36.4 cm³/mol. The molecule has 0 fully saturated rings. The number of nitrogens with one attached hydrogen (secondary N) is 1. The lowest BCUT2D eigenvalue weighted by molar-refractivity contribution is -0.0238. The van der Waals surface area contributed by atoms with Gasteiger partial charge in [0.1, 0.15) is 5.84 Å². The molecule has 0 aliphatic heterocycles. The molecule has 2 amide bonds. The number of rotatable bonds is 2. The van der Waals surface area contributed by atoms with Crippen molar-refractivity contribution in [2.24, 2.45) is 5.73 Å². The average molecular weight is 145 g/mol. The van der Waals surface area contributed by atoms with Crippen molar-refractivity contribution in [3.05, 3.63) is 0 Å². The van der Waals surface area contributed by atoms with Crippen molar-refractivity contribution < 1.29 is 9.63 Å². The van der Waals surface area contributed by atoms with Crippen molar-refractivity contribution >= 4 is 11.9 Å². The maximum atomic E-state index is 10.4. The Morgan fingerprint density at radius 2 is 2.30 bits per heavy atom. The second-order valence-electron chi connectivity index (χ2n) is 1.62. The minimum absolute atomic E-state index is 0.0509. The fourth-order valence-electron chi connectivity index (χ4n) is 0.477. The van der Waals surface area contributed by atoms with Crippen LogP contribution in [0.25, 0.3) is 0 Å². The van der Waals surface area contributed by atoms with Gasteiger partial charge >= 0.3 is 6.03 Å². The van der Waals surface area contributed by atoms with E-state index >= 15 is 0 Å². The Balaban J connectivity index is 4.06. The molecule has 0 atom stereocenters. The summed E-state index contributed by atoms with van der Waals surface area (Å²) in [5.41, 5.74) is 4.84. The van der Waals surface area contributed by atoms with Crippen molar-refractivity contribution in [3.8, 4) is 0 Å². The van der Waals surface area contributed by atoms with Gasteiger partial charge in [-0.2, -0.15) is 5.06 Å². The predicted octanol–water partition coefficient (Wildman–Crippen LogP) is 0.316. The fraction of sp³-hybridized carbons (Fsp3) is 0.600. The topological polar surface area (TPSA) is 79.4 Å². The SMILES string of the molecule is CCC(=N)N(OC)C(N)=O. The van der Waals surface area contributed by atoms with Gasteiger partial charge in [0.05, 0.1) is 7.11 Å². The normalized spacial score (nSPS) is 9.00. The number of nitrogens with zero attached hydrogens (tertiary/aromatic N) is 1. The number of hydrogen-bond acceptors (Lipinski definition) is 3. The minimum atomic E-state index is -0.769. The van der Waals surface area contributed by atoms with E-state index in [1.165, 1.54) is 7.11 Å². The van der Waals surface area contributed by atoms with E-state index in [4.69, 9.17) is 11.1 Å². The van der Waals surface area contributed by atoms with Crippen molar-refractivity contribution in [1.29, 1.82) is 5.41 Å². The van der Waals surface area contributed by atoms with Gasteiger partial charge in [-0.3, -0.25) is 10.2 Å². The van der Waals surface area contributed by atoms with Crippen LogP contribution < -0.4 is 5.73 Å². The molecule has 58 valence electrons. The van der Waals surface area contributed by atoms with Crippen molar-refractivity contribution in [1.82, 2.24) is 5.06 Å². The number of nitrogens with two attached hydrogens (primary N) is 1. The van der Waals surface area contributed by atoms with Crippen LogP contribution in [-0.4, -0.2) is 24.0 Å². The molecular weight excluding hydrogens is 134 g/mol. The third-order valence-corrected chi connectivity index (χ3v) is 0.963. The first kappa shape index (κ1) is 8.90. The lowest BCUT2D eigenvalue weighted by Gasteiger charge is -2.15. The van der Waals surface area contributed by atoms with E-state index in [0.29, 0.717) is 6.42 Å². The van der Waals surface area contributed by atoms with Crippen LogP contribution in [0.15, 0.2) is 0 Å². The van der Waals surface area contributed by atoms with Crippen LogP contribution >= 0.6 is 0 Å². The molecule has 5 nitrogen and oxygen atoms in total. The van der Waals surface area contributed by atoms with Gasteiger partial charge < -0.3 is 5.73 Å². The molecule has 0 saturated heterocycles. The molecule has 0 aliphatic carbocycles. The zero-order valence-electron chi connectivity index (χ0n) is 6.05. The lowest BCUT2D eigenvalue weighted by Crippen LogP contribution is -2.38. The molecule has 0 unspecified atom stereocenters. The first-order valence-corrected chi connectivity index (χ1v) is 2.84. The summed E-state index contributed by atoms with van der Waals surface area (Å²) in [7, 11) is 1.29. The zero-order valence-corrected chi connectivity index (χ0v) is 6.05. The van der Waals surface area contributed by atoms with E-state index in [1.807, 2.05) is 0 Å². The van der Waals surface area contributed by atoms with Gasteiger partial charge in [0.25, 0.3) is 0 Å². The molecule has 3 N–H and O–H groups in total. The Morgan fingerprint density at radius 1 is 1.80 bits per heavy atom. The molecule has 0 aromatic heterocycles.